The first-order valence-corrected chi connectivity index (χ1v) is 11.4. The molecule has 27 heavy (non-hydrogen) atoms. The highest BCUT2D eigenvalue weighted by Crippen LogP contribution is 2.35. The van der Waals surface area contributed by atoms with Crippen molar-refractivity contribution in [3.63, 3.8) is 0 Å². The maximum atomic E-state index is 11.3. The molecule has 0 amide bonds. The molecular weight excluding hydrogens is 366 g/mol. The first-order valence-electron chi connectivity index (χ1n) is 9.30. The second-order valence-corrected chi connectivity index (χ2v) is 9.32. The molecular formula is C19H31N3O4S. The van der Waals surface area contributed by atoms with Gasteiger partial charge in [-0.3, -0.25) is 0 Å². The highest BCUT2D eigenvalue weighted by Gasteiger charge is 2.21. The fourth-order valence-electron chi connectivity index (χ4n) is 2.98. The van der Waals surface area contributed by atoms with Crippen molar-refractivity contribution in [1.82, 2.24) is 10.6 Å². The predicted molar refractivity (Wildman–Crippen MR) is 109 cm³/mol. The number of guanidine groups is 1. The molecule has 1 aromatic carbocycles. The largest absolute Gasteiger partial charge is 0.496 e. The fourth-order valence-corrected chi connectivity index (χ4v) is 3.76. The van der Waals surface area contributed by atoms with Gasteiger partial charge in [-0.05, 0) is 39.3 Å². The van der Waals surface area contributed by atoms with Gasteiger partial charge in [0.15, 0.2) is 5.96 Å². The zero-order valence-electron chi connectivity index (χ0n) is 16.8. The average Bonchev–Trinajstić information content (AvgIpc) is 2.95. The SMILES string of the molecule is CCNC(=NCc1cc2c(cc1OC)CC(C)O2)NC(C)CCS(C)(=O)=O. The maximum Gasteiger partial charge on any atom is 0.191 e. The molecule has 2 atom stereocenters. The molecule has 152 valence electrons. The van der Waals surface area contributed by atoms with E-state index in [4.69, 9.17) is 9.47 Å². The molecule has 1 aliphatic rings. The summed E-state index contributed by atoms with van der Waals surface area (Å²) in [6, 6.07) is 4.01. The molecule has 7 nitrogen and oxygen atoms in total. The van der Waals surface area contributed by atoms with Crippen molar-refractivity contribution < 1.29 is 17.9 Å². The first kappa shape index (κ1) is 21.3. The lowest BCUT2D eigenvalue weighted by Crippen LogP contribution is -2.42. The van der Waals surface area contributed by atoms with E-state index in [1.165, 1.54) is 6.26 Å². The Morgan fingerprint density at radius 2 is 2.19 bits per heavy atom. The van der Waals surface area contributed by atoms with E-state index in [9.17, 15) is 8.42 Å². The summed E-state index contributed by atoms with van der Waals surface area (Å²) in [6.07, 6.45) is 2.84. The molecule has 0 fully saturated rings. The number of ether oxygens (including phenoxy) is 2. The fraction of sp³-hybridized carbons (Fsp3) is 0.632. The summed E-state index contributed by atoms with van der Waals surface area (Å²) in [5.74, 6) is 2.49. The van der Waals surface area contributed by atoms with Crippen molar-refractivity contribution in [1.29, 1.82) is 0 Å². The maximum absolute atomic E-state index is 11.3. The van der Waals surface area contributed by atoms with Crippen LogP contribution in [0.1, 0.15) is 38.3 Å². The lowest BCUT2D eigenvalue weighted by Gasteiger charge is -2.18. The number of fused-ring (bicyclic) bond motifs is 1. The Morgan fingerprint density at radius 1 is 1.44 bits per heavy atom. The van der Waals surface area contributed by atoms with E-state index in [0.717, 1.165) is 29.0 Å². The summed E-state index contributed by atoms with van der Waals surface area (Å²) in [5.41, 5.74) is 2.11. The molecule has 0 aliphatic carbocycles. The van der Waals surface area contributed by atoms with E-state index < -0.39 is 9.84 Å². The summed E-state index contributed by atoms with van der Waals surface area (Å²) in [5, 5.41) is 6.46. The van der Waals surface area contributed by atoms with Crippen LogP contribution in [0.15, 0.2) is 17.1 Å². The molecule has 0 aromatic heterocycles. The Kier molecular flexibility index (Phi) is 7.35. The van der Waals surface area contributed by atoms with E-state index in [-0.39, 0.29) is 17.9 Å². The molecule has 0 spiro atoms. The second-order valence-electron chi connectivity index (χ2n) is 7.06. The van der Waals surface area contributed by atoms with E-state index in [1.807, 2.05) is 26.0 Å². The molecule has 0 radical (unpaired) electrons. The van der Waals surface area contributed by atoms with Crippen LogP contribution in [0.3, 0.4) is 0 Å². The number of hydrogen-bond donors (Lipinski definition) is 2. The molecule has 0 saturated heterocycles. The third kappa shape index (κ3) is 6.61. The van der Waals surface area contributed by atoms with Crippen LogP contribution < -0.4 is 20.1 Å². The molecule has 2 N–H and O–H groups in total. The Labute approximate surface area is 162 Å². The average molecular weight is 398 g/mol. The molecule has 8 heteroatoms. The molecule has 2 unspecified atom stereocenters. The summed E-state index contributed by atoms with van der Waals surface area (Å²) >= 11 is 0. The zero-order chi connectivity index (χ0) is 20.0. The number of methoxy groups -OCH3 is 1. The summed E-state index contributed by atoms with van der Waals surface area (Å²) < 4.78 is 34.1. The smallest absolute Gasteiger partial charge is 0.191 e. The van der Waals surface area contributed by atoms with Gasteiger partial charge in [-0.2, -0.15) is 0 Å². The quantitative estimate of drug-likeness (QED) is 0.514. The molecule has 0 saturated carbocycles. The number of nitrogens with one attached hydrogen (secondary N) is 2. The third-order valence-corrected chi connectivity index (χ3v) is 5.33. The summed E-state index contributed by atoms with van der Waals surface area (Å²) in [6.45, 7) is 7.14. The zero-order valence-corrected chi connectivity index (χ0v) is 17.6. The minimum atomic E-state index is -2.97. The van der Waals surface area contributed by atoms with E-state index in [1.54, 1.807) is 7.11 Å². The second kappa shape index (κ2) is 9.30. The molecule has 1 aromatic rings. The number of benzene rings is 1. The van der Waals surface area contributed by atoms with Crippen molar-refractivity contribution in [2.75, 3.05) is 25.7 Å². The van der Waals surface area contributed by atoms with E-state index in [2.05, 4.69) is 22.5 Å². The number of aliphatic imine (C=N–C) groups is 1. The summed E-state index contributed by atoms with van der Waals surface area (Å²) in [4.78, 5) is 4.63. The van der Waals surface area contributed by atoms with Gasteiger partial charge in [0.2, 0.25) is 0 Å². The number of hydrogen-bond acceptors (Lipinski definition) is 5. The van der Waals surface area contributed by atoms with Gasteiger partial charge in [-0.25, -0.2) is 13.4 Å². The van der Waals surface area contributed by atoms with Gasteiger partial charge in [0.1, 0.15) is 27.4 Å². The van der Waals surface area contributed by atoms with Crippen LogP contribution in [-0.2, 0) is 22.8 Å². The van der Waals surface area contributed by atoms with Gasteiger partial charge in [-0.15, -0.1) is 0 Å². The van der Waals surface area contributed by atoms with Crippen LogP contribution in [0, 0.1) is 0 Å². The van der Waals surface area contributed by atoms with E-state index in [0.29, 0.717) is 25.5 Å². The minimum absolute atomic E-state index is 0.0105. The van der Waals surface area contributed by atoms with Crippen molar-refractivity contribution in [2.45, 2.75) is 52.3 Å². The minimum Gasteiger partial charge on any atom is -0.496 e. The Morgan fingerprint density at radius 3 is 2.81 bits per heavy atom. The Balaban J connectivity index is 2.09. The predicted octanol–water partition coefficient (Wildman–Crippen LogP) is 1.90. The van der Waals surface area contributed by atoms with Crippen molar-refractivity contribution in [3.8, 4) is 11.5 Å². The van der Waals surface area contributed by atoms with Gasteiger partial charge >= 0.3 is 0 Å². The lowest BCUT2D eigenvalue weighted by molar-refractivity contribution is 0.254. The summed E-state index contributed by atoms with van der Waals surface area (Å²) in [7, 11) is -1.32. The number of rotatable bonds is 8. The normalized spacial score (nSPS) is 17.8. The van der Waals surface area contributed by atoms with Gasteiger partial charge in [-0.1, -0.05) is 0 Å². The van der Waals surface area contributed by atoms with Gasteiger partial charge in [0.05, 0.1) is 19.4 Å². The van der Waals surface area contributed by atoms with Crippen LogP contribution in [0.4, 0.5) is 0 Å². The monoisotopic (exact) mass is 397 g/mol. The van der Waals surface area contributed by atoms with Gasteiger partial charge in [0.25, 0.3) is 0 Å². The molecule has 0 bridgehead atoms. The van der Waals surface area contributed by atoms with Crippen LogP contribution in [0.2, 0.25) is 0 Å². The number of nitrogens with zero attached hydrogens (tertiary/aromatic N) is 1. The van der Waals surface area contributed by atoms with Crippen LogP contribution >= 0.6 is 0 Å². The van der Waals surface area contributed by atoms with Crippen LogP contribution in [0.5, 0.6) is 11.5 Å². The lowest BCUT2D eigenvalue weighted by atomic mass is 10.1. The number of sulfone groups is 1. The van der Waals surface area contributed by atoms with Crippen molar-refractivity contribution in [3.05, 3.63) is 23.3 Å². The van der Waals surface area contributed by atoms with Crippen LogP contribution in [0.25, 0.3) is 0 Å². The van der Waals surface area contributed by atoms with Crippen molar-refractivity contribution >= 4 is 15.8 Å². The Bertz CT molecular complexity index is 777. The molecule has 1 aliphatic heterocycles. The molecule has 2 rings (SSSR count). The Hall–Kier alpha value is -1.96. The topological polar surface area (TPSA) is 89.0 Å². The van der Waals surface area contributed by atoms with Gasteiger partial charge in [0, 0.05) is 36.4 Å². The standard InChI is InChI=1S/C19H31N3O4S/c1-6-20-19(22-13(2)7-8-27(5,23)24)21-12-16-11-18-15(9-14(3)26-18)10-17(16)25-4/h10-11,13-14H,6-9,12H2,1-5H3,(H2,20,21,22). The third-order valence-electron chi connectivity index (χ3n) is 4.36. The van der Waals surface area contributed by atoms with Crippen molar-refractivity contribution in [2.24, 2.45) is 4.99 Å². The van der Waals surface area contributed by atoms with Gasteiger partial charge < -0.3 is 20.1 Å². The highest BCUT2D eigenvalue weighted by molar-refractivity contribution is 7.90. The van der Waals surface area contributed by atoms with Crippen LogP contribution in [-0.4, -0.2) is 52.2 Å². The highest BCUT2D eigenvalue weighted by atomic mass is 32.2. The first-order chi connectivity index (χ1) is 12.7. The molecule has 1 heterocycles. The van der Waals surface area contributed by atoms with E-state index >= 15 is 0 Å².